The minimum Gasteiger partial charge on any atom is -0.480 e. The van der Waals surface area contributed by atoms with Crippen LogP contribution in [0.25, 0.3) is 0 Å². The van der Waals surface area contributed by atoms with E-state index in [0.29, 0.717) is 19.3 Å². The van der Waals surface area contributed by atoms with Gasteiger partial charge >= 0.3 is 5.97 Å². The number of aliphatic carboxylic acids is 1. The lowest BCUT2D eigenvalue weighted by atomic mass is 9.92. The van der Waals surface area contributed by atoms with Crippen molar-refractivity contribution in [2.75, 3.05) is 5.75 Å². The highest BCUT2D eigenvalue weighted by molar-refractivity contribution is 7.99. The van der Waals surface area contributed by atoms with Crippen molar-refractivity contribution in [3.05, 3.63) is 30.3 Å². The number of nitrogens with one attached hydrogen (secondary N) is 1. The Bertz CT molecular complexity index is 458. The Labute approximate surface area is 130 Å². The van der Waals surface area contributed by atoms with Gasteiger partial charge in [-0.05, 0) is 37.1 Å². The van der Waals surface area contributed by atoms with Gasteiger partial charge in [-0.2, -0.15) is 0 Å². The number of hydrogen-bond acceptors (Lipinski definition) is 3. The molecular formula is C16H23NO3S. The summed E-state index contributed by atoms with van der Waals surface area (Å²) in [5.41, 5.74) is -1.12. The van der Waals surface area contributed by atoms with E-state index >= 15 is 0 Å². The van der Waals surface area contributed by atoms with Crippen molar-refractivity contribution >= 4 is 23.6 Å². The van der Waals surface area contributed by atoms with Crippen molar-refractivity contribution in [3.8, 4) is 0 Å². The number of carbonyl (C=O) groups excluding carboxylic acids is 1. The van der Waals surface area contributed by atoms with Gasteiger partial charge in [0, 0.05) is 11.3 Å². The maximum Gasteiger partial charge on any atom is 0.329 e. The molecule has 21 heavy (non-hydrogen) atoms. The molecule has 0 radical (unpaired) electrons. The fourth-order valence-corrected chi connectivity index (χ4v) is 2.93. The molecule has 4 nitrogen and oxygen atoms in total. The Hall–Kier alpha value is -1.49. The van der Waals surface area contributed by atoms with E-state index < -0.39 is 11.5 Å². The maximum atomic E-state index is 11.9. The molecule has 1 amide bonds. The fraction of sp³-hybridized carbons (Fsp3) is 0.500. The van der Waals surface area contributed by atoms with E-state index in [1.54, 1.807) is 25.6 Å². The standard InChI is InChI=1S/C16H23NO3S/c1-3-16(4-2,15(19)20)17-14(18)11-8-12-21-13-9-6-5-7-10-13/h5-7,9-10H,3-4,8,11-12H2,1-2H3,(H,17,18)(H,19,20). The zero-order valence-corrected chi connectivity index (χ0v) is 13.4. The summed E-state index contributed by atoms with van der Waals surface area (Å²) >= 11 is 1.70. The van der Waals surface area contributed by atoms with Crippen LogP contribution in [0.5, 0.6) is 0 Å². The molecule has 0 saturated carbocycles. The average molecular weight is 309 g/mol. The number of carbonyl (C=O) groups is 2. The number of hydrogen-bond donors (Lipinski definition) is 2. The van der Waals surface area contributed by atoms with Crippen LogP contribution in [0.3, 0.4) is 0 Å². The smallest absolute Gasteiger partial charge is 0.329 e. The highest BCUT2D eigenvalue weighted by Crippen LogP contribution is 2.19. The third kappa shape index (κ3) is 5.42. The van der Waals surface area contributed by atoms with Gasteiger partial charge in [-0.25, -0.2) is 4.79 Å². The first-order chi connectivity index (χ1) is 10.0. The van der Waals surface area contributed by atoms with Gasteiger partial charge in [0.05, 0.1) is 0 Å². The molecule has 0 bridgehead atoms. The lowest BCUT2D eigenvalue weighted by Gasteiger charge is -2.28. The van der Waals surface area contributed by atoms with Crippen LogP contribution >= 0.6 is 11.8 Å². The molecular weight excluding hydrogens is 286 g/mol. The van der Waals surface area contributed by atoms with Gasteiger partial charge in [-0.1, -0.05) is 32.0 Å². The first kappa shape index (κ1) is 17.6. The van der Waals surface area contributed by atoms with Crippen LogP contribution in [0.1, 0.15) is 39.5 Å². The van der Waals surface area contributed by atoms with Crippen molar-refractivity contribution < 1.29 is 14.7 Å². The molecule has 0 saturated heterocycles. The maximum absolute atomic E-state index is 11.9. The molecule has 0 aliphatic rings. The van der Waals surface area contributed by atoms with Gasteiger partial charge in [0.1, 0.15) is 5.54 Å². The summed E-state index contributed by atoms with van der Waals surface area (Å²) in [4.78, 5) is 24.4. The topological polar surface area (TPSA) is 66.4 Å². The number of carboxylic acid groups (broad SMARTS) is 1. The Morgan fingerprint density at radius 2 is 1.81 bits per heavy atom. The molecule has 2 N–H and O–H groups in total. The van der Waals surface area contributed by atoms with Crippen LogP contribution in [0.2, 0.25) is 0 Å². The molecule has 0 aliphatic heterocycles. The van der Waals surface area contributed by atoms with Gasteiger partial charge in [0.2, 0.25) is 5.91 Å². The molecule has 0 aliphatic carbocycles. The van der Waals surface area contributed by atoms with E-state index in [9.17, 15) is 14.7 Å². The lowest BCUT2D eigenvalue weighted by Crippen LogP contribution is -2.53. The van der Waals surface area contributed by atoms with Crippen LogP contribution in [-0.4, -0.2) is 28.3 Å². The summed E-state index contributed by atoms with van der Waals surface area (Å²) in [5, 5.41) is 12.0. The summed E-state index contributed by atoms with van der Waals surface area (Å²) in [5.74, 6) is -0.301. The molecule has 116 valence electrons. The van der Waals surface area contributed by atoms with Crippen LogP contribution in [-0.2, 0) is 9.59 Å². The summed E-state index contributed by atoms with van der Waals surface area (Å²) in [6.45, 7) is 3.56. The third-order valence-corrected chi connectivity index (χ3v) is 4.65. The minimum atomic E-state index is -1.12. The molecule has 1 rings (SSSR count). The number of thioether (sulfide) groups is 1. The predicted molar refractivity (Wildman–Crippen MR) is 85.5 cm³/mol. The number of rotatable bonds is 9. The second-order valence-electron chi connectivity index (χ2n) is 4.91. The molecule has 1 aromatic rings. The zero-order chi connectivity index (χ0) is 15.7. The van der Waals surface area contributed by atoms with Crippen molar-refractivity contribution in [3.63, 3.8) is 0 Å². The van der Waals surface area contributed by atoms with Crippen molar-refractivity contribution in [2.45, 2.75) is 50.0 Å². The zero-order valence-electron chi connectivity index (χ0n) is 12.6. The van der Waals surface area contributed by atoms with Crippen LogP contribution < -0.4 is 5.32 Å². The Morgan fingerprint density at radius 1 is 1.19 bits per heavy atom. The lowest BCUT2D eigenvalue weighted by molar-refractivity contribution is -0.148. The summed E-state index contributed by atoms with van der Waals surface area (Å²) < 4.78 is 0. The first-order valence-electron chi connectivity index (χ1n) is 7.26. The van der Waals surface area contributed by atoms with E-state index in [1.807, 2.05) is 30.3 Å². The van der Waals surface area contributed by atoms with E-state index in [0.717, 1.165) is 12.2 Å². The van der Waals surface area contributed by atoms with Gasteiger partial charge in [0.15, 0.2) is 0 Å². The predicted octanol–water partition coefficient (Wildman–Crippen LogP) is 3.32. The molecule has 1 aromatic carbocycles. The van der Waals surface area contributed by atoms with Crippen LogP contribution in [0.15, 0.2) is 35.2 Å². The second-order valence-corrected chi connectivity index (χ2v) is 6.08. The highest BCUT2D eigenvalue weighted by atomic mass is 32.2. The van der Waals surface area contributed by atoms with Crippen LogP contribution in [0, 0.1) is 0 Å². The highest BCUT2D eigenvalue weighted by Gasteiger charge is 2.35. The minimum absolute atomic E-state index is 0.185. The summed E-state index contributed by atoms with van der Waals surface area (Å²) in [6.07, 6.45) is 1.87. The Balaban J connectivity index is 2.35. The largest absolute Gasteiger partial charge is 0.480 e. The molecule has 0 atom stereocenters. The second kappa shape index (κ2) is 8.72. The van der Waals surface area contributed by atoms with Gasteiger partial charge < -0.3 is 10.4 Å². The number of benzene rings is 1. The monoisotopic (exact) mass is 309 g/mol. The average Bonchev–Trinajstić information content (AvgIpc) is 2.50. The quantitative estimate of drug-likeness (QED) is 0.542. The van der Waals surface area contributed by atoms with E-state index in [2.05, 4.69) is 5.32 Å². The Kier molecular flexibility index (Phi) is 7.29. The molecule has 0 unspecified atom stereocenters. The summed E-state index contributed by atoms with van der Waals surface area (Å²) in [6, 6.07) is 10.0. The molecule has 0 fully saturated rings. The van der Waals surface area contributed by atoms with Crippen molar-refractivity contribution in [1.82, 2.24) is 5.32 Å². The van der Waals surface area contributed by atoms with E-state index in [-0.39, 0.29) is 5.91 Å². The fourth-order valence-electron chi connectivity index (χ4n) is 2.05. The molecule has 0 spiro atoms. The third-order valence-electron chi connectivity index (χ3n) is 3.56. The normalized spacial score (nSPS) is 11.1. The number of amides is 1. The molecule has 0 aromatic heterocycles. The van der Waals surface area contributed by atoms with Gasteiger partial charge in [0.25, 0.3) is 0 Å². The van der Waals surface area contributed by atoms with Gasteiger partial charge in [-0.3, -0.25) is 4.79 Å². The summed E-state index contributed by atoms with van der Waals surface area (Å²) in [7, 11) is 0. The van der Waals surface area contributed by atoms with Crippen LogP contribution in [0.4, 0.5) is 0 Å². The Morgan fingerprint density at radius 3 is 2.33 bits per heavy atom. The van der Waals surface area contributed by atoms with E-state index in [4.69, 9.17) is 0 Å². The van der Waals surface area contributed by atoms with E-state index in [1.165, 1.54) is 4.90 Å². The molecule has 5 heteroatoms. The van der Waals surface area contributed by atoms with Gasteiger partial charge in [-0.15, -0.1) is 11.8 Å². The van der Waals surface area contributed by atoms with Crippen molar-refractivity contribution in [2.24, 2.45) is 0 Å². The number of carboxylic acids is 1. The first-order valence-corrected chi connectivity index (χ1v) is 8.25. The molecule has 0 heterocycles. The SMILES string of the molecule is CCC(CC)(NC(=O)CCCSc1ccccc1)C(=O)O. The van der Waals surface area contributed by atoms with Crippen molar-refractivity contribution in [1.29, 1.82) is 0 Å².